The van der Waals surface area contributed by atoms with Crippen molar-refractivity contribution in [2.45, 2.75) is 50.3 Å². The first-order valence-corrected chi connectivity index (χ1v) is 8.46. The van der Waals surface area contributed by atoms with E-state index in [0.717, 1.165) is 18.5 Å². The molecule has 0 spiro atoms. The molecule has 2 aromatic heterocycles. The maximum Gasteiger partial charge on any atom is 0.268 e. The monoisotopic (exact) mass is 310 g/mol. The molecule has 0 unspecified atom stereocenters. The van der Waals surface area contributed by atoms with Gasteiger partial charge in [0.05, 0.1) is 0 Å². The van der Waals surface area contributed by atoms with E-state index in [1.54, 1.807) is 19.9 Å². The van der Waals surface area contributed by atoms with Crippen LogP contribution < -0.4 is 4.72 Å². The Kier molecular flexibility index (Phi) is 3.48. The fraction of sp³-hybridized carbons (Fsp3) is 0.538. The first-order valence-electron chi connectivity index (χ1n) is 6.98. The highest BCUT2D eigenvalue weighted by atomic mass is 32.2. The van der Waals surface area contributed by atoms with Gasteiger partial charge in [-0.05, 0) is 26.7 Å². The smallest absolute Gasteiger partial charge is 0.268 e. The number of nitrogens with zero attached hydrogens (tertiary/aromatic N) is 2. The van der Waals surface area contributed by atoms with Gasteiger partial charge in [-0.1, -0.05) is 18.0 Å². The summed E-state index contributed by atoms with van der Waals surface area (Å²) < 4.78 is 32.1. The fourth-order valence-electron chi connectivity index (χ4n) is 2.88. The highest BCUT2D eigenvalue weighted by Crippen LogP contribution is 2.34. The number of hydrogen-bond acceptors (Lipinski definition) is 5. The van der Waals surface area contributed by atoms with E-state index in [9.17, 15) is 8.42 Å². The number of aryl methyl sites for hydroxylation is 2. The van der Waals surface area contributed by atoms with Crippen LogP contribution in [-0.2, 0) is 10.0 Å². The first kappa shape index (κ1) is 14.1. The minimum Gasteiger partial charge on any atom is -0.360 e. The number of hydrogen-bond donors (Lipinski definition) is 2. The summed E-state index contributed by atoms with van der Waals surface area (Å²) in [5.41, 5.74) is 1.33. The van der Waals surface area contributed by atoms with Gasteiger partial charge in [0, 0.05) is 17.7 Å². The zero-order valence-electron chi connectivity index (χ0n) is 12.0. The normalized spacial score (nSPS) is 16.5. The molecule has 0 amide bonds. The van der Waals surface area contributed by atoms with Gasteiger partial charge in [-0.2, -0.15) is 5.10 Å². The average Bonchev–Trinajstić information content (AvgIpc) is 3.09. The lowest BCUT2D eigenvalue weighted by Gasteiger charge is -2.04. The van der Waals surface area contributed by atoms with Crippen LogP contribution in [0.4, 0.5) is 5.82 Å². The Morgan fingerprint density at radius 3 is 2.67 bits per heavy atom. The van der Waals surface area contributed by atoms with Gasteiger partial charge in [0.2, 0.25) is 0 Å². The van der Waals surface area contributed by atoms with Crippen molar-refractivity contribution < 1.29 is 12.9 Å². The molecular weight excluding hydrogens is 292 g/mol. The summed E-state index contributed by atoms with van der Waals surface area (Å²) in [6.45, 7) is 3.17. The van der Waals surface area contributed by atoms with Crippen LogP contribution in [-0.4, -0.2) is 23.8 Å². The summed E-state index contributed by atoms with van der Waals surface area (Å²) in [5, 5.41) is 10.6. The Balaban J connectivity index is 1.83. The van der Waals surface area contributed by atoms with Crippen molar-refractivity contribution in [1.29, 1.82) is 0 Å². The van der Waals surface area contributed by atoms with Crippen molar-refractivity contribution in [2.75, 3.05) is 4.72 Å². The van der Waals surface area contributed by atoms with Crippen molar-refractivity contribution in [3.8, 4) is 0 Å². The second-order valence-electron chi connectivity index (χ2n) is 5.45. The molecular formula is C13H18N4O3S. The molecule has 2 N–H and O–H groups in total. The van der Waals surface area contributed by atoms with Crippen LogP contribution in [0.1, 0.15) is 48.7 Å². The topological polar surface area (TPSA) is 101 Å². The van der Waals surface area contributed by atoms with Gasteiger partial charge < -0.3 is 4.52 Å². The highest BCUT2D eigenvalue weighted by Gasteiger charge is 2.26. The molecule has 21 heavy (non-hydrogen) atoms. The van der Waals surface area contributed by atoms with E-state index in [2.05, 4.69) is 20.1 Å². The van der Waals surface area contributed by atoms with Crippen LogP contribution in [0.2, 0.25) is 0 Å². The van der Waals surface area contributed by atoms with Crippen molar-refractivity contribution >= 4 is 15.8 Å². The van der Waals surface area contributed by atoms with Gasteiger partial charge in [-0.15, -0.1) is 0 Å². The molecule has 7 nitrogen and oxygen atoms in total. The number of anilines is 1. The van der Waals surface area contributed by atoms with Gasteiger partial charge in [0.15, 0.2) is 16.5 Å². The maximum absolute atomic E-state index is 12.4. The minimum absolute atomic E-state index is 0.0768. The zero-order chi connectivity index (χ0) is 15.0. The van der Waals surface area contributed by atoms with E-state index >= 15 is 0 Å². The van der Waals surface area contributed by atoms with E-state index in [0.29, 0.717) is 17.4 Å². The number of aromatic nitrogens is 3. The Hall–Kier alpha value is -1.83. The average molecular weight is 310 g/mol. The van der Waals surface area contributed by atoms with E-state index < -0.39 is 10.0 Å². The minimum atomic E-state index is -3.73. The van der Waals surface area contributed by atoms with Crippen molar-refractivity contribution in [3.63, 3.8) is 0 Å². The SMILES string of the molecule is Cc1noc(C)c1S(=O)(=O)Nc1cc(C2CCCC2)[nH]n1. The molecule has 0 aliphatic heterocycles. The third kappa shape index (κ3) is 2.67. The highest BCUT2D eigenvalue weighted by molar-refractivity contribution is 7.92. The van der Waals surface area contributed by atoms with Crippen LogP contribution >= 0.6 is 0 Å². The molecule has 1 aliphatic rings. The molecule has 1 aliphatic carbocycles. The van der Waals surface area contributed by atoms with Gasteiger partial charge in [-0.25, -0.2) is 8.42 Å². The van der Waals surface area contributed by atoms with Gasteiger partial charge in [0.25, 0.3) is 10.0 Å². The molecule has 0 saturated heterocycles. The van der Waals surface area contributed by atoms with E-state index in [4.69, 9.17) is 4.52 Å². The number of nitrogens with one attached hydrogen (secondary N) is 2. The van der Waals surface area contributed by atoms with Crippen molar-refractivity contribution in [3.05, 3.63) is 23.2 Å². The maximum atomic E-state index is 12.4. The van der Waals surface area contributed by atoms with Crippen LogP contribution in [0.15, 0.2) is 15.5 Å². The van der Waals surface area contributed by atoms with E-state index in [1.807, 2.05) is 0 Å². The molecule has 1 saturated carbocycles. The lowest BCUT2D eigenvalue weighted by atomic mass is 10.1. The van der Waals surface area contributed by atoms with Crippen LogP contribution in [0.25, 0.3) is 0 Å². The van der Waals surface area contributed by atoms with Crippen molar-refractivity contribution in [1.82, 2.24) is 15.4 Å². The number of H-pyrrole nitrogens is 1. The second-order valence-corrected chi connectivity index (χ2v) is 7.07. The molecule has 0 atom stereocenters. The predicted molar refractivity (Wildman–Crippen MR) is 76.6 cm³/mol. The quantitative estimate of drug-likeness (QED) is 0.903. The van der Waals surface area contributed by atoms with Crippen LogP contribution in [0.3, 0.4) is 0 Å². The van der Waals surface area contributed by atoms with Crippen LogP contribution in [0.5, 0.6) is 0 Å². The van der Waals surface area contributed by atoms with E-state index in [-0.39, 0.29) is 10.7 Å². The molecule has 3 rings (SSSR count). The number of sulfonamides is 1. The Morgan fingerprint density at radius 1 is 1.33 bits per heavy atom. The summed E-state index contributed by atoms with van der Waals surface area (Å²) in [6, 6.07) is 1.77. The lowest BCUT2D eigenvalue weighted by molar-refractivity contribution is 0.390. The summed E-state index contributed by atoms with van der Waals surface area (Å²) in [4.78, 5) is 0.0768. The summed E-state index contributed by atoms with van der Waals surface area (Å²) in [5.74, 6) is 1.03. The molecule has 0 bridgehead atoms. The summed E-state index contributed by atoms with van der Waals surface area (Å²) in [7, 11) is -3.73. The standard InChI is InChI=1S/C13H18N4O3S/c1-8-13(9(2)20-16-8)21(18,19)17-12-7-11(14-15-12)10-5-3-4-6-10/h7,10H,3-6H2,1-2H3,(H2,14,15,17). The molecule has 2 aromatic rings. The fourth-order valence-corrected chi connectivity index (χ4v) is 4.21. The van der Waals surface area contributed by atoms with E-state index in [1.165, 1.54) is 12.8 Å². The Labute approximate surface area is 123 Å². The zero-order valence-corrected chi connectivity index (χ0v) is 12.8. The molecule has 114 valence electrons. The first-order chi connectivity index (χ1) is 9.97. The van der Waals surface area contributed by atoms with Gasteiger partial charge in [-0.3, -0.25) is 9.82 Å². The Morgan fingerprint density at radius 2 is 2.05 bits per heavy atom. The lowest BCUT2D eigenvalue weighted by Crippen LogP contribution is -2.14. The molecule has 2 heterocycles. The molecule has 8 heteroatoms. The second kappa shape index (κ2) is 5.18. The number of rotatable bonds is 4. The third-order valence-electron chi connectivity index (χ3n) is 3.87. The summed E-state index contributed by atoms with van der Waals surface area (Å²) in [6.07, 6.45) is 4.67. The van der Waals surface area contributed by atoms with Gasteiger partial charge in [0.1, 0.15) is 5.69 Å². The largest absolute Gasteiger partial charge is 0.360 e. The molecule has 1 fully saturated rings. The Bertz CT molecular complexity index is 722. The van der Waals surface area contributed by atoms with Crippen molar-refractivity contribution in [2.24, 2.45) is 0 Å². The number of aromatic amines is 1. The predicted octanol–water partition coefficient (Wildman–Crippen LogP) is 2.47. The van der Waals surface area contributed by atoms with Gasteiger partial charge >= 0.3 is 0 Å². The molecule has 0 radical (unpaired) electrons. The summed E-state index contributed by atoms with van der Waals surface area (Å²) >= 11 is 0. The third-order valence-corrected chi connectivity index (χ3v) is 5.47. The van der Waals surface area contributed by atoms with Crippen LogP contribution in [0, 0.1) is 13.8 Å². The molecule has 0 aromatic carbocycles.